The van der Waals surface area contributed by atoms with E-state index in [2.05, 4.69) is 4.98 Å². The summed E-state index contributed by atoms with van der Waals surface area (Å²) in [6.45, 7) is -0.473. The number of aromatic amines is 1. The predicted octanol–water partition coefficient (Wildman–Crippen LogP) is -2.48. The van der Waals surface area contributed by atoms with Gasteiger partial charge < -0.3 is 24.9 Å². The molecule has 0 saturated carbocycles. The fraction of sp³-hybridized carbons (Fsp3) is 0.636. The lowest BCUT2D eigenvalue weighted by molar-refractivity contribution is -0.149. The third kappa shape index (κ3) is 3.86. The molecule has 1 aromatic rings. The van der Waals surface area contributed by atoms with E-state index in [1.165, 1.54) is 6.20 Å². The van der Waals surface area contributed by atoms with E-state index < -0.39 is 29.7 Å². The molecule has 9 nitrogen and oxygen atoms in total. The fourth-order valence-corrected chi connectivity index (χ4v) is 2.49. The standard InChI is InChI=1S/C11H16N2O7S/c14-1-2-21-8-4-13(11(18)12-10(8)17)20-9-3-6(16)7(5-15)19-9/h4,6-7,9,14-16H,1-3,5H2,(H,12,17,18)/t6?,7-,9+/m1/s1. The second-order valence-corrected chi connectivity index (χ2v) is 5.48. The Hall–Kier alpha value is -1.33. The quantitative estimate of drug-likeness (QED) is 0.423. The summed E-state index contributed by atoms with van der Waals surface area (Å²) in [6, 6.07) is 0. The van der Waals surface area contributed by atoms with E-state index in [-0.39, 0.29) is 24.5 Å². The molecule has 1 aliphatic rings. The molecule has 1 unspecified atom stereocenters. The van der Waals surface area contributed by atoms with Crippen LogP contribution in [0.25, 0.3) is 0 Å². The van der Waals surface area contributed by atoms with Crippen molar-refractivity contribution in [2.24, 2.45) is 0 Å². The van der Waals surface area contributed by atoms with Gasteiger partial charge in [0.25, 0.3) is 5.56 Å². The highest BCUT2D eigenvalue weighted by Crippen LogP contribution is 2.19. The number of nitrogens with zero attached hydrogens (tertiary/aromatic N) is 1. The summed E-state index contributed by atoms with van der Waals surface area (Å²) in [6.07, 6.45) is -1.27. The highest BCUT2D eigenvalue weighted by Gasteiger charge is 2.35. The smallest absolute Gasteiger partial charge is 0.361 e. The molecule has 1 saturated heterocycles. The van der Waals surface area contributed by atoms with Gasteiger partial charge in [-0.3, -0.25) is 9.78 Å². The van der Waals surface area contributed by atoms with Crippen molar-refractivity contribution < 1.29 is 24.9 Å². The first-order chi connectivity index (χ1) is 10.0. The van der Waals surface area contributed by atoms with Crippen LogP contribution in [-0.4, -0.2) is 62.5 Å². The Labute approximate surface area is 123 Å². The van der Waals surface area contributed by atoms with Gasteiger partial charge >= 0.3 is 5.69 Å². The second kappa shape index (κ2) is 7.09. The number of aliphatic hydroxyl groups is 3. The molecule has 2 rings (SSSR count). The molecule has 0 aliphatic carbocycles. The van der Waals surface area contributed by atoms with Crippen LogP contribution < -0.4 is 16.1 Å². The summed E-state index contributed by atoms with van der Waals surface area (Å²) in [4.78, 5) is 30.7. The second-order valence-electron chi connectivity index (χ2n) is 4.35. The Kier molecular flexibility index (Phi) is 5.42. The fourth-order valence-electron chi connectivity index (χ4n) is 1.82. The molecule has 0 bridgehead atoms. The van der Waals surface area contributed by atoms with Crippen molar-refractivity contribution in [1.82, 2.24) is 9.71 Å². The monoisotopic (exact) mass is 320 g/mol. The average molecular weight is 320 g/mol. The first kappa shape index (κ1) is 16.0. The molecule has 1 aliphatic heterocycles. The van der Waals surface area contributed by atoms with Crippen LogP contribution in [0.3, 0.4) is 0 Å². The van der Waals surface area contributed by atoms with Gasteiger partial charge in [0.1, 0.15) is 6.10 Å². The number of hydrogen-bond donors (Lipinski definition) is 4. The zero-order valence-corrected chi connectivity index (χ0v) is 11.8. The van der Waals surface area contributed by atoms with E-state index >= 15 is 0 Å². The molecule has 2 heterocycles. The normalized spacial score (nSPS) is 25.2. The first-order valence-corrected chi connectivity index (χ1v) is 7.25. The number of thioether (sulfide) groups is 1. The molecule has 0 aromatic carbocycles. The van der Waals surface area contributed by atoms with Gasteiger partial charge in [-0.2, -0.15) is 0 Å². The Morgan fingerprint density at radius 1 is 1.48 bits per heavy atom. The number of ether oxygens (including phenoxy) is 1. The van der Waals surface area contributed by atoms with Gasteiger partial charge in [0.2, 0.25) is 6.29 Å². The number of H-pyrrole nitrogens is 1. The van der Waals surface area contributed by atoms with Crippen molar-refractivity contribution in [3.63, 3.8) is 0 Å². The van der Waals surface area contributed by atoms with Gasteiger partial charge in [0.15, 0.2) is 0 Å². The molecular weight excluding hydrogens is 304 g/mol. The van der Waals surface area contributed by atoms with E-state index in [1.54, 1.807) is 0 Å². The van der Waals surface area contributed by atoms with Crippen molar-refractivity contribution >= 4 is 11.8 Å². The highest BCUT2D eigenvalue weighted by molar-refractivity contribution is 7.99. The van der Waals surface area contributed by atoms with Crippen molar-refractivity contribution in [1.29, 1.82) is 0 Å². The molecular formula is C11H16N2O7S. The zero-order valence-electron chi connectivity index (χ0n) is 11.0. The molecule has 21 heavy (non-hydrogen) atoms. The summed E-state index contributed by atoms with van der Waals surface area (Å²) in [7, 11) is 0. The van der Waals surface area contributed by atoms with Gasteiger partial charge in [-0.15, -0.1) is 16.5 Å². The van der Waals surface area contributed by atoms with Gasteiger partial charge in [-0.25, -0.2) is 4.79 Å². The summed E-state index contributed by atoms with van der Waals surface area (Å²) < 4.78 is 6.02. The third-order valence-corrected chi connectivity index (χ3v) is 3.82. The number of rotatable bonds is 6. The van der Waals surface area contributed by atoms with E-state index in [4.69, 9.17) is 19.8 Å². The maximum absolute atomic E-state index is 11.6. The van der Waals surface area contributed by atoms with Crippen molar-refractivity contribution in [3.8, 4) is 0 Å². The van der Waals surface area contributed by atoms with E-state index in [1.807, 2.05) is 0 Å². The minimum absolute atomic E-state index is 0.0932. The molecule has 0 amide bonds. The van der Waals surface area contributed by atoms with E-state index in [9.17, 15) is 14.7 Å². The lowest BCUT2D eigenvalue weighted by Gasteiger charge is -2.15. The molecule has 1 aromatic heterocycles. The van der Waals surface area contributed by atoms with Crippen LogP contribution in [0.15, 0.2) is 20.7 Å². The highest BCUT2D eigenvalue weighted by atomic mass is 32.2. The SMILES string of the molecule is O=c1[nH]c(=O)n(O[C@H]2CC(O)[C@@H](CO)O2)cc1SCCO. The summed E-state index contributed by atoms with van der Waals surface area (Å²) in [5.41, 5.74) is -1.35. The number of aromatic nitrogens is 2. The molecule has 10 heteroatoms. The minimum atomic E-state index is -0.906. The largest absolute Gasteiger partial charge is 0.396 e. The van der Waals surface area contributed by atoms with Crippen LogP contribution in [0.1, 0.15) is 6.42 Å². The Morgan fingerprint density at radius 2 is 2.24 bits per heavy atom. The van der Waals surface area contributed by atoms with E-state index in [0.29, 0.717) is 5.75 Å². The van der Waals surface area contributed by atoms with Crippen LogP contribution in [0, 0.1) is 0 Å². The molecule has 0 spiro atoms. The van der Waals surface area contributed by atoms with Crippen LogP contribution in [0.2, 0.25) is 0 Å². The zero-order chi connectivity index (χ0) is 15.4. The topological polar surface area (TPSA) is 134 Å². The molecule has 4 N–H and O–H groups in total. The van der Waals surface area contributed by atoms with Gasteiger partial charge in [0.05, 0.1) is 30.4 Å². The summed E-state index contributed by atoms with van der Waals surface area (Å²) in [5, 5.41) is 27.3. The maximum atomic E-state index is 11.6. The Morgan fingerprint density at radius 3 is 2.86 bits per heavy atom. The molecule has 0 radical (unpaired) electrons. The molecule has 118 valence electrons. The maximum Gasteiger partial charge on any atom is 0.361 e. The average Bonchev–Trinajstić information content (AvgIpc) is 2.80. The van der Waals surface area contributed by atoms with Crippen LogP contribution in [0.4, 0.5) is 0 Å². The van der Waals surface area contributed by atoms with Gasteiger partial charge in [-0.05, 0) is 0 Å². The van der Waals surface area contributed by atoms with Gasteiger partial charge in [0, 0.05) is 12.2 Å². The van der Waals surface area contributed by atoms with Crippen LogP contribution >= 0.6 is 11.8 Å². The van der Waals surface area contributed by atoms with Crippen molar-refractivity contribution in [2.75, 3.05) is 19.0 Å². The van der Waals surface area contributed by atoms with Crippen LogP contribution in [-0.2, 0) is 4.74 Å². The number of hydrogen-bond acceptors (Lipinski definition) is 8. The summed E-state index contributed by atoms with van der Waals surface area (Å²) in [5.74, 6) is 0.298. The van der Waals surface area contributed by atoms with Crippen LogP contribution in [0.5, 0.6) is 0 Å². The minimum Gasteiger partial charge on any atom is -0.396 e. The summed E-state index contributed by atoms with van der Waals surface area (Å²) >= 11 is 1.07. The molecule has 1 fully saturated rings. The lowest BCUT2D eigenvalue weighted by Crippen LogP contribution is -2.38. The number of aliphatic hydroxyl groups excluding tert-OH is 3. The predicted molar refractivity (Wildman–Crippen MR) is 72.1 cm³/mol. The Bertz CT molecular complexity index is 587. The van der Waals surface area contributed by atoms with E-state index in [0.717, 1.165) is 16.5 Å². The first-order valence-electron chi connectivity index (χ1n) is 6.26. The molecule has 3 atom stereocenters. The lowest BCUT2D eigenvalue weighted by atomic mass is 10.2. The van der Waals surface area contributed by atoms with Gasteiger partial charge in [-0.1, -0.05) is 0 Å². The Balaban J connectivity index is 2.13. The third-order valence-electron chi connectivity index (χ3n) is 2.83. The van der Waals surface area contributed by atoms with Crippen molar-refractivity contribution in [2.45, 2.75) is 29.8 Å². The number of nitrogens with one attached hydrogen (secondary N) is 1. The van der Waals surface area contributed by atoms with Crippen molar-refractivity contribution in [3.05, 3.63) is 27.0 Å².